The molecule has 1 amide bonds. The van der Waals surface area contributed by atoms with Crippen LogP contribution in [0.3, 0.4) is 0 Å². The Labute approximate surface area is 64.8 Å². The Morgan fingerprint density at radius 3 is 3.00 bits per heavy atom. The van der Waals surface area contributed by atoms with Crippen molar-refractivity contribution in [1.29, 1.82) is 5.26 Å². The van der Waals surface area contributed by atoms with Crippen molar-refractivity contribution in [3.63, 3.8) is 0 Å². The van der Waals surface area contributed by atoms with Crippen molar-refractivity contribution in [2.24, 2.45) is 5.92 Å². The van der Waals surface area contributed by atoms with Crippen LogP contribution >= 0.6 is 0 Å². The lowest BCUT2D eigenvalue weighted by atomic mass is 10.0. The van der Waals surface area contributed by atoms with Crippen LogP contribution in [0, 0.1) is 17.2 Å². The quantitative estimate of drug-likeness (QED) is 0.557. The van der Waals surface area contributed by atoms with Gasteiger partial charge < -0.3 is 10.4 Å². The van der Waals surface area contributed by atoms with E-state index in [0.29, 0.717) is 6.42 Å². The minimum Gasteiger partial charge on any atom is -0.394 e. The molecule has 0 bridgehead atoms. The molecule has 1 rings (SSSR count). The summed E-state index contributed by atoms with van der Waals surface area (Å²) in [5.74, 6) is -0.317. The van der Waals surface area contributed by atoms with Gasteiger partial charge >= 0.3 is 0 Å². The third-order valence-corrected chi connectivity index (χ3v) is 1.84. The predicted octanol–water partition coefficient (Wildman–Crippen LogP) is -0.603. The van der Waals surface area contributed by atoms with E-state index in [9.17, 15) is 4.79 Å². The molecular formula is C7H10N2O2. The normalized spacial score (nSPS) is 29.6. The third-order valence-electron chi connectivity index (χ3n) is 1.84. The van der Waals surface area contributed by atoms with Gasteiger partial charge in [-0.05, 0) is 6.42 Å². The highest BCUT2D eigenvalue weighted by Gasteiger charge is 2.30. The summed E-state index contributed by atoms with van der Waals surface area (Å²) < 4.78 is 0. The zero-order chi connectivity index (χ0) is 8.27. The first-order chi connectivity index (χ1) is 5.27. The molecule has 1 fully saturated rings. The fraction of sp³-hybridized carbons (Fsp3) is 0.714. The van der Waals surface area contributed by atoms with Crippen LogP contribution in [0.15, 0.2) is 0 Å². The van der Waals surface area contributed by atoms with E-state index in [4.69, 9.17) is 10.4 Å². The van der Waals surface area contributed by atoms with Crippen LogP contribution in [0.1, 0.15) is 12.8 Å². The number of nitrogens with zero attached hydrogens (tertiary/aromatic N) is 1. The monoisotopic (exact) mass is 154 g/mol. The number of aliphatic hydroxyl groups is 1. The van der Waals surface area contributed by atoms with Gasteiger partial charge in [-0.2, -0.15) is 5.26 Å². The summed E-state index contributed by atoms with van der Waals surface area (Å²) in [4.78, 5) is 11.0. The van der Waals surface area contributed by atoms with Gasteiger partial charge in [0.05, 0.1) is 24.6 Å². The molecule has 4 heteroatoms. The molecule has 0 radical (unpaired) electrons. The third kappa shape index (κ3) is 1.69. The van der Waals surface area contributed by atoms with Gasteiger partial charge in [0.15, 0.2) is 0 Å². The van der Waals surface area contributed by atoms with E-state index in [1.54, 1.807) is 0 Å². The van der Waals surface area contributed by atoms with E-state index in [2.05, 4.69) is 5.32 Å². The maximum absolute atomic E-state index is 11.0. The topological polar surface area (TPSA) is 73.1 Å². The Kier molecular flexibility index (Phi) is 2.44. The van der Waals surface area contributed by atoms with E-state index in [1.807, 2.05) is 6.07 Å². The molecule has 11 heavy (non-hydrogen) atoms. The summed E-state index contributed by atoms with van der Waals surface area (Å²) >= 11 is 0. The van der Waals surface area contributed by atoms with Gasteiger partial charge in [0.25, 0.3) is 0 Å². The van der Waals surface area contributed by atoms with Crippen LogP contribution in [0.5, 0.6) is 0 Å². The summed E-state index contributed by atoms with van der Waals surface area (Å²) in [6.45, 7) is -0.0341. The van der Waals surface area contributed by atoms with Gasteiger partial charge in [-0.1, -0.05) is 0 Å². The molecule has 0 aliphatic carbocycles. The highest BCUT2D eigenvalue weighted by molar-refractivity contribution is 5.81. The minimum absolute atomic E-state index is 0.0341. The minimum atomic E-state index is -0.211. The molecule has 1 aliphatic rings. The lowest BCUT2D eigenvalue weighted by Crippen LogP contribution is -2.28. The second-order valence-electron chi connectivity index (χ2n) is 2.68. The van der Waals surface area contributed by atoms with E-state index < -0.39 is 0 Å². The van der Waals surface area contributed by atoms with Crippen molar-refractivity contribution in [2.45, 2.75) is 18.9 Å². The second-order valence-corrected chi connectivity index (χ2v) is 2.68. The SMILES string of the molecule is N#CC[C@@H]1C[C@@H](CO)NC1=O. The van der Waals surface area contributed by atoms with E-state index in [1.165, 1.54) is 0 Å². The molecule has 2 N–H and O–H groups in total. The number of nitrogens with one attached hydrogen (secondary N) is 1. The van der Waals surface area contributed by atoms with Crippen LogP contribution < -0.4 is 5.32 Å². The first-order valence-electron chi connectivity index (χ1n) is 3.56. The fourth-order valence-corrected chi connectivity index (χ4v) is 1.23. The maximum Gasteiger partial charge on any atom is 0.224 e. The van der Waals surface area contributed by atoms with Crippen molar-refractivity contribution in [1.82, 2.24) is 5.32 Å². The number of aliphatic hydroxyl groups excluding tert-OH is 1. The van der Waals surface area contributed by atoms with Crippen molar-refractivity contribution < 1.29 is 9.90 Å². The Hall–Kier alpha value is -1.08. The van der Waals surface area contributed by atoms with Crippen LogP contribution in [0.4, 0.5) is 0 Å². The summed E-state index contributed by atoms with van der Waals surface area (Å²) in [6, 6.07) is 1.80. The fourth-order valence-electron chi connectivity index (χ4n) is 1.23. The van der Waals surface area contributed by atoms with Crippen LogP contribution in [-0.2, 0) is 4.79 Å². The van der Waals surface area contributed by atoms with E-state index >= 15 is 0 Å². The molecule has 60 valence electrons. The number of hydrogen-bond acceptors (Lipinski definition) is 3. The molecule has 1 saturated heterocycles. The van der Waals surface area contributed by atoms with Crippen LogP contribution in [0.25, 0.3) is 0 Å². The average Bonchev–Trinajstić information content (AvgIpc) is 2.33. The zero-order valence-electron chi connectivity index (χ0n) is 6.08. The Morgan fingerprint density at radius 2 is 2.55 bits per heavy atom. The maximum atomic E-state index is 11.0. The van der Waals surface area contributed by atoms with E-state index in [0.717, 1.165) is 0 Å². The van der Waals surface area contributed by atoms with Gasteiger partial charge in [0.2, 0.25) is 5.91 Å². The molecule has 1 heterocycles. The summed E-state index contributed by atoms with van der Waals surface area (Å²) in [7, 11) is 0. The molecule has 0 spiro atoms. The standard InChI is InChI=1S/C7H10N2O2/c8-2-1-5-3-6(4-10)9-7(5)11/h5-6,10H,1,3-4H2,(H,9,11)/t5-,6+/m1/s1. The van der Waals surface area contributed by atoms with E-state index in [-0.39, 0.29) is 30.9 Å². The Balaban J connectivity index is 2.46. The molecule has 0 unspecified atom stereocenters. The molecule has 0 saturated carbocycles. The van der Waals surface area contributed by atoms with Crippen molar-refractivity contribution in [3.05, 3.63) is 0 Å². The molecule has 4 nitrogen and oxygen atoms in total. The van der Waals surface area contributed by atoms with Crippen molar-refractivity contribution in [3.8, 4) is 6.07 Å². The average molecular weight is 154 g/mol. The first-order valence-corrected chi connectivity index (χ1v) is 3.56. The van der Waals surface area contributed by atoms with Crippen molar-refractivity contribution >= 4 is 5.91 Å². The molecule has 2 atom stereocenters. The zero-order valence-corrected chi connectivity index (χ0v) is 6.08. The van der Waals surface area contributed by atoms with Crippen LogP contribution in [-0.4, -0.2) is 23.7 Å². The summed E-state index contributed by atoms with van der Waals surface area (Å²) in [6.07, 6.45) is 0.839. The summed E-state index contributed by atoms with van der Waals surface area (Å²) in [5.41, 5.74) is 0. The number of nitriles is 1. The molecule has 0 aromatic heterocycles. The largest absolute Gasteiger partial charge is 0.394 e. The van der Waals surface area contributed by atoms with Gasteiger partial charge in [-0.25, -0.2) is 0 Å². The first kappa shape index (κ1) is 8.02. The van der Waals surface area contributed by atoms with Gasteiger partial charge in [0, 0.05) is 6.42 Å². The molecule has 0 aromatic rings. The predicted molar refractivity (Wildman–Crippen MR) is 37.4 cm³/mol. The number of hydrogen-bond donors (Lipinski definition) is 2. The second kappa shape index (κ2) is 3.35. The number of amides is 1. The van der Waals surface area contributed by atoms with Crippen LogP contribution in [0.2, 0.25) is 0 Å². The lowest BCUT2D eigenvalue weighted by Gasteiger charge is -2.02. The van der Waals surface area contributed by atoms with Gasteiger partial charge in [-0.3, -0.25) is 4.79 Å². The smallest absolute Gasteiger partial charge is 0.224 e. The highest BCUT2D eigenvalue weighted by Crippen LogP contribution is 2.17. The lowest BCUT2D eigenvalue weighted by molar-refractivity contribution is -0.122. The highest BCUT2D eigenvalue weighted by atomic mass is 16.3. The van der Waals surface area contributed by atoms with Gasteiger partial charge in [0.1, 0.15) is 0 Å². The number of carbonyl (C=O) groups excluding carboxylic acids is 1. The number of carbonyl (C=O) groups is 1. The summed E-state index contributed by atoms with van der Waals surface area (Å²) in [5, 5.41) is 19.6. The Morgan fingerprint density at radius 1 is 1.82 bits per heavy atom. The van der Waals surface area contributed by atoms with Crippen molar-refractivity contribution in [2.75, 3.05) is 6.61 Å². The Bertz CT molecular complexity index is 197. The molecular weight excluding hydrogens is 144 g/mol. The molecule has 1 aliphatic heterocycles. The van der Waals surface area contributed by atoms with Gasteiger partial charge in [-0.15, -0.1) is 0 Å². The number of rotatable bonds is 2. The molecule has 0 aromatic carbocycles.